The summed E-state index contributed by atoms with van der Waals surface area (Å²) in [6, 6.07) is 12.8. The van der Waals surface area contributed by atoms with Crippen LogP contribution in [0.1, 0.15) is 55.5 Å². The highest BCUT2D eigenvalue weighted by atomic mass is 16.4. The largest absolute Gasteiger partial charge is 1.00 e. The van der Waals surface area contributed by atoms with Gasteiger partial charge in [-0.25, -0.2) is 24.7 Å². The Balaban J connectivity index is 0.000000182. The predicted molar refractivity (Wildman–Crippen MR) is 190 cm³/mol. The molecule has 0 aliphatic carbocycles. The summed E-state index contributed by atoms with van der Waals surface area (Å²) in [5, 5.41) is 39.6. The van der Waals surface area contributed by atoms with Gasteiger partial charge in [0.15, 0.2) is 0 Å². The molecule has 0 saturated carbocycles. The highest BCUT2D eigenvalue weighted by Gasteiger charge is 2.11. The molecule has 0 atom stereocenters. The topological polar surface area (TPSA) is 189 Å². The fourth-order valence-corrected chi connectivity index (χ4v) is 5.41. The SMILES string of the molecule is Cc1cc(Cn2ccnc2)c(O)c(Cn2ccnc2)c1.Cc1cc(Cn2ccnc2)c(O)c(Cn2ccnc2)c1.O=C([O-])c1ccc(C(=O)O)cc1.[H+]. The normalized spacial score (nSPS) is 10.5. The number of rotatable bonds is 10. The number of phenols is 2. The monoisotopic (exact) mass is 702 g/mol. The molecular weight excluding hydrogens is 664 g/mol. The van der Waals surface area contributed by atoms with Crippen LogP contribution in [0.25, 0.3) is 0 Å². The summed E-state index contributed by atoms with van der Waals surface area (Å²) in [5.41, 5.74) is 5.90. The Morgan fingerprint density at radius 3 is 1.10 bits per heavy atom. The van der Waals surface area contributed by atoms with Crippen molar-refractivity contribution in [2.75, 3.05) is 0 Å². The third-order valence-corrected chi connectivity index (χ3v) is 7.84. The molecule has 0 unspecified atom stereocenters. The van der Waals surface area contributed by atoms with E-state index in [1.807, 2.05) is 81.2 Å². The lowest BCUT2D eigenvalue weighted by Gasteiger charge is -2.12. The van der Waals surface area contributed by atoms with Gasteiger partial charge in [0.1, 0.15) is 11.5 Å². The molecule has 0 aliphatic heterocycles. The van der Waals surface area contributed by atoms with Crippen molar-refractivity contribution in [3.63, 3.8) is 0 Å². The van der Waals surface area contributed by atoms with E-state index in [9.17, 15) is 24.9 Å². The second-order valence-electron chi connectivity index (χ2n) is 12.0. The zero-order chi connectivity index (χ0) is 37.0. The van der Waals surface area contributed by atoms with Crippen molar-refractivity contribution in [1.82, 2.24) is 38.2 Å². The van der Waals surface area contributed by atoms with Gasteiger partial charge >= 0.3 is 7.40 Å². The van der Waals surface area contributed by atoms with Crippen molar-refractivity contribution in [2.45, 2.75) is 40.0 Å². The van der Waals surface area contributed by atoms with Gasteiger partial charge in [-0.1, -0.05) is 47.5 Å². The van der Waals surface area contributed by atoms with Gasteiger partial charge in [-0.05, 0) is 31.5 Å². The molecule has 7 rings (SSSR count). The summed E-state index contributed by atoms with van der Waals surface area (Å²) in [6.07, 6.45) is 21.5. The number of aromatic carboxylic acids is 2. The zero-order valence-electron chi connectivity index (χ0n) is 29.5. The summed E-state index contributed by atoms with van der Waals surface area (Å²) in [6.45, 7) is 6.53. The first kappa shape index (κ1) is 36.3. The Kier molecular flexibility index (Phi) is 12.0. The predicted octanol–water partition coefficient (Wildman–Crippen LogP) is 4.24. The summed E-state index contributed by atoms with van der Waals surface area (Å²) in [4.78, 5) is 36.6. The number of carbonyl (C=O) groups is 2. The lowest BCUT2D eigenvalue weighted by atomic mass is 10.0. The highest BCUT2D eigenvalue weighted by molar-refractivity contribution is 5.90. The molecule has 7 aromatic rings. The number of phenolic OH excluding ortho intramolecular Hbond substituents is 2. The van der Waals surface area contributed by atoms with E-state index < -0.39 is 11.9 Å². The Hall–Kier alpha value is -6.96. The zero-order valence-corrected chi connectivity index (χ0v) is 28.5. The molecule has 4 heterocycles. The second kappa shape index (κ2) is 17.1. The molecular formula is C38H38N8O6. The van der Waals surface area contributed by atoms with Crippen LogP contribution in [0.2, 0.25) is 0 Å². The minimum Gasteiger partial charge on any atom is -0.545 e. The standard InChI is InChI=1S/2C15H16N4O.C8H6O4/c2*1-12-6-13(8-18-4-2-16-10-18)15(20)14(7-12)9-19-5-3-17-11-19;9-7(10)5-1-2-6(4-3-5)8(11)12/h2*2-7,10-11,20H,8-9H2,1H3;1-4H,(H,9,10)(H,11,12). The van der Waals surface area contributed by atoms with Gasteiger partial charge in [0.25, 0.3) is 0 Å². The molecule has 266 valence electrons. The maximum atomic E-state index is 10.4. The summed E-state index contributed by atoms with van der Waals surface area (Å²) in [7, 11) is 0. The Labute approximate surface area is 300 Å². The van der Waals surface area contributed by atoms with Crippen molar-refractivity contribution in [1.29, 1.82) is 0 Å². The minimum atomic E-state index is -1.31. The first-order chi connectivity index (χ1) is 25.0. The van der Waals surface area contributed by atoms with E-state index in [4.69, 9.17) is 5.11 Å². The first-order valence-corrected chi connectivity index (χ1v) is 16.1. The number of carboxylic acid groups (broad SMARTS) is 2. The molecule has 0 fully saturated rings. The molecule has 0 radical (unpaired) electrons. The number of carbonyl (C=O) groups excluding carboxylic acids is 1. The molecule has 14 heteroatoms. The summed E-state index contributed by atoms with van der Waals surface area (Å²) < 4.78 is 7.76. The Morgan fingerprint density at radius 2 is 0.865 bits per heavy atom. The number of aromatic hydroxyl groups is 2. The van der Waals surface area contributed by atoms with Gasteiger partial charge in [0.2, 0.25) is 0 Å². The molecule has 0 spiro atoms. The van der Waals surface area contributed by atoms with E-state index in [0.29, 0.717) is 37.7 Å². The lowest BCUT2D eigenvalue weighted by molar-refractivity contribution is -0.255. The Morgan fingerprint density at radius 1 is 0.577 bits per heavy atom. The van der Waals surface area contributed by atoms with Crippen LogP contribution in [0.4, 0.5) is 0 Å². The van der Waals surface area contributed by atoms with Crippen LogP contribution in [0, 0.1) is 13.8 Å². The van der Waals surface area contributed by atoms with Crippen molar-refractivity contribution >= 4 is 11.9 Å². The minimum absolute atomic E-state index is 0. The Bertz CT molecular complexity index is 1910. The fourth-order valence-electron chi connectivity index (χ4n) is 5.41. The van der Waals surface area contributed by atoms with Crippen LogP contribution in [0.15, 0.2) is 123 Å². The third-order valence-electron chi connectivity index (χ3n) is 7.84. The number of imidazole rings is 4. The number of benzene rings is 3. The second-order valence-corrected chi connectivity index (χ2v) is 12.0. The van der Waals surface area contributed by atoms with Crippen LogP contribution >= 0.6 is 0 Å². The lowest BCUT2D eigenvalue weighted by Crippen LogP contribution is -2.22. The van der Waals surface area contributed by atoms with Crippen LogP contribution < -0.4 is 5.11 Å². The van der Waals surface area contributed by atoms with Gasteiger partial charge in [-0.2, -0.15) is 0 Å². The third kappa shape index (κ3) is 10.0. The molecule has 0 bridgehead atoms. The molecule has 4 aromatic heterocycles. The molecule has 52 heavy (non-hydrogen) atoms. The van der Waals surface area contributed by atoms with Gasteiger partial charge in [0.05, 0.1) is 63.0 Å². The number of nitrogens with zero attached hydrogens (tertiary/aromatic N) is 8. The molecule has 3 aromatic carbocycles. The van der Waals surface area contributed by atoms with Crippen LogP contribution in [-0.4, -0.2) is 65.5 Å². The number of aryl methyl sites for hydroxylation is 2. The molecule has 14 nitrogen and oxygen atoms in total. The van der Waals surface area contributed by atoms with E-state index in [0.717, 1.165) is 33.4 Å². The van der Waals surface area contributed by atoms with Crippen molar-refractivity contribution < 1.29 is 31.4 Å². The maximum Gasteiger partial charge on any atom is 1.00 e. The summed E-state index contributed by atoms with van der Waals surface area (Å²) in [5.74, 6) is -1.71. The van der Waals surface area contributed by atoms with E-state index in [1.54, 1.807) is 50.1 Å². The van der Waals surface area contributed by atoms with Crippen molar-refractivity contribution in [3.8, 4) is 11.5 Å². The van der Waals surface area contributed by atoms with Crippen molar-refractivity contribution in [2.24, 2.45) is 0 Å². The number of aromatic nitrogens is 8. The summed E-state index contributed by atoms with van der Waals surface area (Å²) >= 11 is 0. The average Bonchev–Trinajstić information content (AvgIpc) is 3.96. The quantitative estimate of drug-likeness (QED) is 0.186. The van der Waals surface area contributed by atoms with Crippen molar-refractivity contribution in [3.05, 3.63) is 168 Å². The van der Waals surface area contributed by atoms with Crippen LogP contribution in [0.5, 0.6) is 11.5 Å². The van der Waals surface area contributed by atoms with E-state index in [-0.39, 0.29) is 12.6 Å². The fraction of sp³-hybridized carbons (Fsp3) is 0.158. The molecule has 0 amide bonds. The number of hydrogen-bond acceptors (Lipinski definition) is 9. The van der Waals surface area contributed by atoms with Gasteiger partial charge < -0.3 is 43.5 Å². The maximum absolute atomic E-state index is 10.4. The first-order valence-electron chi connectivity index (χ1n) is 16.1. The number of carboxylic acids is 2. The number of hydrogen-bond donors (Lipinski definition) is 3. The van der Waals surface area contributed by atoms with E-state index in [2.05, 4.69) is 19.9 Å². The van der Waals surface area contributed by atoms with E-state index in [1.165, 1.54) is 24.3 Å². The van der Waals surface area contributed by atoms with Crippen LogP contribution in [-0.2, 0) is 26.2 Å². The van der Waals surface area contributed by atoms with Gasteiger partial charge in [-0.15, -0.1) is 0 Å². The average molecular weight is 703 g/mol. The van der Waals surface area contributed by atoms with Crippen LogP contribution in [0.3, 0.4) is 0 Å². The molecule has 0 saturated heterocycles. The molecule has 0 aliphatic rings. The molecule has 3 N–H and O–H groups in total. The van der Waals surface area contributed by atoms with Gasteiger partial charge in [-0.3, -0.25) is 0 Å². The smallest absolute Gasteiger partial charge is 0.545 e. The van der Waals surface area contributed by atoms with E-state index >= 15 is 0 Å². The highest BCUT2D eigenvalue weighted by Crippen LogP contribution is 2.27. The van der Waals surface area contributed by atoms with Gasteiger partial charge in [0, 0.05) is 71.8 Å².